The zero-order valence-corrected chi connectivity index (χ0v) is 12.8. The first-order valence-electron chi connectivity index (χ1n) is 7.48. The van der Waals surface area contributed by atoms with Crippen LogP contribution in [0.15, 0.2) is 24.3 Å². The van der Waals surface area contributed by atoms with Gasteiger partial charge in [0, 0.05) is 0 Å². The third kappa shape index (κ3) is 5.42. The molecule has 23 heavy (non-hydrogen) atoms. The fraction of sp³-hybridized carbons (Fsp3) is 0.562. The summed E-state index contributed by atoms with van der Waals surface area (Å²) < 4.78 is 41.2. The molecule has 1 aliphatic rings. The minimum absolute atomic E-state index is 0.0433. The topological polar surface area (TPSA) is 58.6 Å². The average Bonchev–Trinajstić information content (AvgIpc) is 2.43. The van der Waals surface area contributed by atoms with Crippen LogP contribution in [-0.4, -0.2) is 29.4 Å². The van der Waals surface area contributed by atoms with E-state index in [-0.39, 0.29) is 24.1 Å². The number of amides is 1. The molecule has 1 atom stereocenters. The third-order valence-corrected chi connectivity index (χ3v) is 3.91. The lowest BCUT2D eigenvalue weighted by atomic mass is 9.77. The van der Waals surface area contributed by atoms with E-state index < -0.39 is 18.4 Å². The predicted octanol–water partition coefficient (Wildman–Crippen LogP) is 3.11. The maximum atomic E-state index is 12.2. The highest BCUT2D eigenvalue weighted by Gasteiger charge is 2.36. The standard InChI is InChI=1S/C16H20F3NO3/c1-11(20-14(21)9-15(22)6-3-7-15)12-4-2-5-13(8-12)23-10-16(17,18)19/h2,4-5,8,11,22H,3,6-7,9-10H2,1H3,(H,20,21). The van der Waals surface area contributed by atoms with Crippen LogP contribution in [-0.2, 0) is 4.79 Å². The van der Waals surface area contributed by atoms with Crippen LogP contribution in [0.25, 0.3) is 0 Å². The monoisotopic (exact) mass is 331 g/mol. The van der Waals surface area contributed by atoms with Gasteiger partial charge in [-0.25, -0.2) is 0 Å². The number of hydrogen-bond acceptors (Lipinski definition) is 3. The zero-order chi connectivity index (χ0) is 17.1. The summed E-state index contributed by atoms with van der Waals surface area (Å²) in [5.74, 6) is -0.181. The van der Waals surface area contributed by atoms with Gasteiger partial charge in [0.1, 0.15) is 5.75 Å². The first kappa shape index (κ1) is 17.6. The highest BCUT2D eigenvalue weighted by molar-refractivity contribution is 5.77. The second kappa shape index (κ2) is 6.78. The Labute approximate surface area is 132 Å². The Bertz CT molecular complexity index is 556. The van der Waals surface area contributed by atoms with E-state index in [0.717, 1.165) is 6.42 Å². The summed E-state index contributed by atoms with van der Waals surface area (Å²) in [6.45, 7) is 0.371. The molecule has 128 valence electrons. The van der Waals surface area contributed by atoms with Crippen LogP contribution in [0.2, 0.25) is 0 Å². The number of rotatable bonds is 6. The Balaban J connectivity index is 1.91. The van der Waals surface area contributed by atoms with Crippen LogP contribution < -0.4 is 10.1 Å². The first-order chi connectivity index (χ1) is 10.7. The molecule has 0 bridgehead atoms. The molecule has 0 heterocycles. The molecule has 2 rings (SSSR count). The molecule has 2 N–H and O–H groups in total. The van der Waals surface area contributed by atoms with Gasteiger partial charge in [0.2, 0.25) is 5.91 Å². The molecule has 0 saturated heterocycles. The number of halogens is 3. The van der Waals surface area contributed by atoms with Crippen LogP contribution >= 0.6 is 0 Å². The zero-order valence-electron chi connectivity index (χ0n) is 12.8. The quantitative estimate of drug-likeness (QED) is 0.842. The molecule has 0 aliphatic heterocycles. The summed E-state index contributed by atoms with van der Waals surface area (Å²) in [4.78, 5) is 11.9. The molecule has 4 nitrogen and oxygen atoms in total. The summed E-state index contributed by atoms with van der Waals surface area (Å²) in [6, 6.07) is 5.78. The van der Waals surface area contributed by atoms with Crippen LogP contribution in [0.5, 0.6) is 5.75 Å². The Morgan fingerprint density at radius 3 is 2.70 bits per heavy atom. The van der Waals surface area contributed by atoms with Crippen LogP contribution in [0.3, 0.4) is 0 Å². The van der Waals surface area contributed by atoms with Crippen molar-refractivity contribution in [3.05, 3.63) is 29.8 Å². The lowest BCUT2D eigenvalue weighted by Gasteiger charge is -2.36. The maximum absolute atomic E-state index is 12.2. The van der Waals surface area contributed by atoms with Gasteiger partial charge in [-0.05, 0) is 43.9 Å². The minimum atomic E-state index is -4.39. The Kier molecular flexibility index (Phi) is 5.19. The van der Waals surface area contributed by atoms with Gasteiger partial charge >= 0.3 is 6.18 Å². The Hall–Kier alpha value is -1.76. The van der Waals surface area contributed by atoms with E-state index in [1.54, 1.807) is 19.1 Å². The maximum Gasteiger partial charge on any atom is 0.422 e. The summed E-state index contributed by atoms with van der Waals surface area (Å²) in [5, 5.41) is 12.7. The molecule has 7 heteroatoms. The summed E-state index contributed by atoms with van der Waals surface area (Å²) in [7, 11) is 0. The van der Waals surface area contributed by atoms with Gasteiger partial charge in [-0.2, -0.15) is 13.2 Å². The molecule has 1 fully saturated rings. The van der Waals surface area contributed by atoms with Crippen molar-refractivity contribution in [2.45, 2.75) is 50.4 Å². The number of nitrogens with one attached hydrogen (secondary N) is 1. The van der Waals surface area contributed by atoms with Gasteiger partial charge < -0.3 is 15.2 Å². The molecule has 1 unspecified atom stereocenters. The van der Waals surface area contributed by atoms with Crippen molar-refractivity contribution in [3.63, 3.8) is 0 Å². The molecule has 1 amide bonds. The minimum Gasteiger partial charge on any atom is -0.484 e. The normalized spacial score (nSPS) is 18.0. The fourth-order valence-corrected chi connectivity index (χ4v) is 2.48. The second-order valence-corrected chi connectivity index (χ2v) is 6.02. The van der Waals surface area contributed by atoms with Gasteiger partial charge in [0.05, 0.1) is 18.1 Å². The number of carbonyl (C=O) groups is 1. The molecule has 0 aromatic heterocycles. The van der Waals surface area contributed by atoms with E-state index in [0.29, 0.717) is 18.4 Å². The molecule has 0 spiro atoms. The predicted molar refractivity (Wildman–Crippen MR) is 78.0 cm³/mol. The smallest absolute Gasteiger partial charge is 0.422 e. The summed E-state index contributed by atoms with van der Waals surface area (Å²) in [6.07, 6.45) is -2.20. The Morgan fingerprint density at radius 1 is 1.43 bits per heavy atom. The number of ether oxygens (including phenoxy) is 1. The molecule has 1 aromatic carbocycles. The molecule has 0 radical (unpaired) electrons. The SMILES string of the molecule is CC(NC(=O)CC1(O)CCC1)c1cccc(OCC(F)(F)F)c1. The first-order valence-corrected chi connectivity index (χ1v) is 7.48. The van der Waals surface area contributed by atoms with Gasteiger partial charge in [0.25, 0.3) is 0 Å². The van der Waals surface area contributed by atoms with E-state index in [1.165, 1.54) is 12.1 Å². The van der Waals surface area contributed by atoms with Crippen molar-refractivity contribution in [2.75, 3.05) is 6.61 Å². The van der Waals surface area contributed by atoms with E-state index in [9.17, 15) is 23.1 Å². The lowest BCUT2D eigenvalue weighted by Crippen LogP contribution is -2.42. The van der Waals surface area contributed by atoms with Crippen LogP contribution in [0.1, 0.15) is 44.2 Å². The fourth-order valence-electron chi connectivity index (χ4n) is 2.48. The summed E-state index contributed by atoms with van der Waals surface area (Å²) in [5.41, 5.74) is -0.264. The largest absolute Gasteiger partial charge is 0.484 e. The van der Waals surface area contributed by atoms with E-state index >= 15 is 0 Å². The van der Waals surface area contributed by atoms with Crippen molar-refractivity contribution >= 4 is 5.91 Å². The van der Waals surface area contributed by atoms with Gasteiger partial charge in [-0.1, -0.05) is 12.1 Å². The average molecular weight is 331 g/mol. The number of benzene rings is 1. The number of aliphatic hydroxyl groups is 1. The molecule has 1 aliphatic carbocycles. The van der Waals surface area contributed by atoms with Gasteiger partial charge in [0.15, 0.2) is 6.61 Å². The highest BCUT2D eigenvalue weighted by atomic mass is 19.4. The second-order valence-electron chi connectivity index (χ2n) is 6.02. The molecular formula is C16H20F3NO3. The van der Waals surface area contributed by atoms with E-state index in [1.807, 2.05) is 0 Å². The Morgan fingerprint density at radius 2 is 2.13 bits per heavy atom. The van der Waals surface area contributed by atoms with Crippen molar-refractivity contribution in [2.24, 2.45) is 0 Å². The van der Waals surface area contributed by atoms with Gasteiger partial charge in [-0.3, -0.25) is 4.79 Å². The molecular weight excluding hydrogens is 311 g/mol. The number of carbonyl (C=O) groups excluding carboxylic acids is 1. The third-order valence-electron chi connectivity index (χ3n) is 3.91. The van der Waals surface area contributed by atoms with Crippen LogP contribution in [0, 0.1) is 0 Å². The molecule has 1 saturated carbocycles. The van der Waals surface area contributed by atoms with E-state index in [4.69, 9.17) is 4.74 Å². The van der Waals surface area contributed by atoms with Gasteiger partial charge in [-0.15, -0.1) is 0 Å². The van der Waals surface area contributed by atoms with Crippen molar-refractivity contribution in [1.29, 1.82) is 0 Å². The molecule has 1 aromatic rings. The van der Waals surface area contributed by atoms with Crippen molar-refractivity contribution in [1.82, 2.24) is 5.32 Å². The number of hydrogen-bond donors (Lipinski definition) is 2. The van der Waals surface area contributed by atoms with Crippen LogP contribution in [0.4, 0.5) is 13.2 Å². The highest BCUT2D eigenvalue weighted by Crippen LogP contribution is 2.34. The number of alkyl halides is 3. The summed E-state index contributed by atoms with van der Waals surface area (Å²) >= 11 is 0. The van der Waals surface area contributed by atoms with Crippen molar-refractivity contribution in [3.8, 4) is 5.75 Å². The van der Waals surface area contributed by atoms with Crippen molar-refractivity contribution < 1.29 is 27.8 Å². The lowest BCUT2D eigenvalue weighted by molar-refractivity contribution is -0.153. The van der Waals surface area contributed by atoms with E-state index in [2.05, 4.69) is 5.32 Å².